The van der Waals surface area contributed by atoms with Gasteiger partial charge in [0.2, 0.25) is 0 Å². The van der Waals surface area contributed by atoms with Crippen molar-refractivity contribution >= 4 is 27.6 Å². The summed E-state index contributed by atoms with van der Waals surface area (Å²) >= 11 is 0. The summed E-state index contributed by atoms with van der Waals surface area (Å²) < 4.78 is 0. The number of nitrogens with zero attached hydrogens (tertiary/aromatic N) is 3. The molecule has 0 amide bonds. The molecule has 6 nitrogen and oxygen atoms in total. The largest absolute Gasteiger partial charge is 0.494 e. The summed E-state index contributed by atoms with van der Waals surface area (Å²) in [4.78, 5) is 14.4. The van der Waals surface area contributed by atoms with Crippen LogP contribution in [0.25, 0.3) is 33.1 Å². The highest BCUT2D eigenvalue weighted by Crippen LogP contribution is 2.36. The molecule has 4 rings (SSSR count). The standard InChI is InChI=1S/C23H25N5O/c1-28(2)13-5-12-25-22(24)16-9-10-19-17(14-16)21(23(29)27-19)20-11-8-15-6-3-4-7-18(15)26-20/h3-4,6-11,14,27,29H,5,12-13H2,1-2H3,(H2,24,25). The Kier molecular flexibility index (Phi) is 5.18. The van der Waals surface area contributed by atoms with Crippen LogP contribution in [-0.4, -0.2) is 53.0 Å². The quantitative estimate of drug-likeness (QED) is 0.267. The fourth-order valence-corrected chi connectivity index (χ4v) is 3.48. The van der Waals surface area contributed by atoms with Crippen LogP contribution in [0, 0.1) is 0 Å². The molecule has 0 aliphatic rings. The normalized spacial score (nSPS) is 12.3. The fraction of sp³-hybridized carbons (Fsp3) is 0.217. The highest BCUT2D eigenvalue weighted by Gasteiger charge is 2.15. The summed E-state index contributed by atoms with van der Waals surface area (Å²) in [5.74, 6) is 0.602. The molecule has 0 aliphatic carbocycles. The van der Waals surface area contributed by atoms with E-state index >= 15 is 0 Å². The molecule has 2 heterocycles. The van der Waals surface area contributed by atoms with Crippen LogP contribution < -0.4 is 5.73 Å². The third-order valence-electron chi connectivity index (χ3n) is 4.97. The van der Waals surface area contributed by atoms with Gasteiger partial charge in [0.1, 0.15) is 5.84 Å². The molecular weight excluding hydrogens is 362 g/mol. The van der Waals surface area contributed by atoms with Crippen LogP contribution >= 0.6 is 0 Å². The van der Waals surface area contributed by atoms with E-state index in [4.69, 9.17) is 10.7 Å². The van der Waals surface area contributed by atoms with E-state index in [9.17, 15) is 5.11 Å². The molecule has 0 bridgehead atoms. The summed E-state index contributed by atoms with van der Waals surface area (Å²) in [6.45, 7) is 1.65. The van der Waals surface area contributed by atoms with Gasteiger partial charge < -0.3 is 20.7 Å². The van der Waals surface area contributed by atoms with Crippen molar-refractivity contribution in [3.8, 4) is 17.1 Å². The van der Waals surface area contributed by atoms with Gasteiger partial charge >= 0.3 is 0 Å². The van der Waals surface area contributed by atoms with Crippen LogP contribution in [0.15, 0.2) is 59.6 Å². The number of amidine groups is 1. The molecule has 0 radical (unpaired) electrons. The number of rotatable bonds is 6. The van der Waals surface area contributed by atoms with Gasteiger partial charge in [0, 0.05) is 28.4 Å². The maximum absolute atomic E-state index is 10.6. The predicted octanol–water partition coefficient (Wildman–Crippen LogP) is 3.75. The third kappa shape index (κ3) is 3.93. The van der Waals surface area contributed by atoms with Crippen LogP contribution in [0.1, 0.15) is 12.0 Å². The first-order valence-electron chi connectivity index (χ1n) is 9.69. The first kappa shape index (κ1) is 19.0. The van der Waals surface area contributed by atoms with Crippen molar-refractivity contribution in [3.05, 3.63) is 60.2 Å². The highest BCUT2D eigenvalue weighted by atomic mass is 16.3. The van der Waals surface area contributed by atoms with Crippen LogP contribution in [0.2, 0.25) is 0 Å². The average molecular weight is 387 g/mol. The van der Waals surface area contributed by atoms with E-state index in [1.165, 1.54) is 0 Å². The number of aromatic nitrogens is 2. The van der Waals surface area contributed by atoms with Gasteiger partial charge in [-0.25, -0.2) is 4.98 Å². The van der Waals surface area contributed by atoms with E-state index < -0.39 is 0 Å². The van der Waals surface area contributed by atoms with Crippen molar-refractivity contribution in [2.45, 2.75) is 6.42 Å². The summed E-state index contributed by atoms with van der Waals surface area (Å²) in [6, 6.07) is 17.7. The molecule has 0 spiro atoms. The zero-order valence-corrected chi connectivity index (χ0v) is 16.7. The van der Waals surface area contributed by atoms with Gasteiger partial charge in [-0.3, -0.25) is 4.99 Å². The molecule has 148 valence electrons. The number of para-hydroxylation sites is 1. The second-order valence-corrected chi connectivity index (χ2v) is 7.42. The third-order valence-corrected chi connectivity index (χ3v) is 4.97. The number of nitrogens with one attached hydrogen (secondary N) is 1. The van der Waals surface area contributed by atoms with Crippen LogP contribution in [-0.2, 0) is 0 Å². The maximum Gasteiger partial charge on any atom is 0.199 e. The van der Waals surface area contributed by atoms with Crippen molar-refractivity contribution in [1.82, 2.24) is 14.9 Å². The zero-order chi connectivity index (χ0) is 20.4. The molecule has 2 aromatic heterocycles. The number of fused-ring (bicyclic) bond motifs is 2. The molecule has 0 fully saturated rings. The number of aromatic amines is 1. The second kappa shape index (κ2) is 7.93. The molecule has 29 heavy (non-hydrogen) atoms. The predicted molar refractivity (Wildman–Crippen MR) is 119 cm³/mol. The molecule has 6 heteroatoms. The van der Waals surface area contributed by atoms with Crippen LogP contribution in [0.3, 0.4) is 0 Å². The molecule has 0 unspecified atom stereocenters. The number of aromatic hydroxyl groups is 1. The topological polar surface area (TPSA) is 90.5 Å². The minimum absolute atomic E-state index is 0.0985. The Labute approximate surface area is 169 Å². The molecule has 2 aromatic carbocycles. The van der Waals surface area contributed by atoms with Crippen LogP contribution in [0.5, 0.6) is 5.88 Å². The Hall–Kier alpha value is -3.38. The van der Waals surface area contributed by atoms with E-state index in [1.54, 1.807) is 0 Å². The van der Waals surface area contributed by atoms with Gasteiger partial charge in [-0.15, -0.1) is 0 Å². The molecule has 4 aromatic rings. The monoisotopic (exact) mass is 387 g/mol. The molecule has 4 N–H and O–H groups in total. The van der Waals surface area contributed by atoms with E-state index in [0.29, 0.717) is 23.6 Å². The molecule has 0 saturated carbocycles. The first-order valence-corrected chi connectivity index (χ1v) is 9.69. The zero-order valence-electron chi connectivity index (χ0n) is 16.7. The molecule has 0 aliphatic heterocycles. The summed E-state index contributed by atoms with van der Waals surface area (Å²) in [5.41, 5.74) is 10.2. The number of hydrogen-bond donors (Lipinski definition) is 3. The Morgan fingerprint density at radius 1 is 1.14 bits per heavy atom. The van der Waals surface area contributed by atoms with Gasteiger partial charge in [-0.2, -0.15) is 0 Å². The van der Waals surface area contributed by atoms with Gasteiger partial charge in [0.25, 0.3) is 0 Å². The second-order valence-electron chi connectivity index (χ2n) is 7.42. The summed E-state index contributed by atoms with van der Waals surface area (Å²) in [5, 5.41) is 12.5. The Bertz CT molecular complexity index is 1190. The lowest BCUT2D eigenvalue weighted by Gasteiger charge is -2.08. The first-order chi connectivity index (χ1) is 14.0. The van der Waals surface area contributed by atoms with E-state index in [1.807, 2.05) is 68.7 Å². The van der Waals surface area contributed by atoms with Crippen molar-refractivity contribution in [2.75, 3.05) is 27.2 Å². The maximum atomic E-state index is 10.6. The van der Waals surface area contributed by atoms with Gasteiger partial charge in [-0.05, 0) is 57.4 Å². The highest BCUT2D eigenvalue weighted by molar-refractivity contribution is 6.05. The van der Waals surface area contributed by atoms with Crippen LogP contribution in [0.4, 0.5) is 0 Å². The van der Waals surface area contributed by atoms with Crippen molar-refractivity contribution in [3.63, 3.8) is 0 Å². The lowest BCUT2D eigenvalue weighted by Crippen LogP contribution is -2.16. The van der Waals surface area contributed by atoms with Crippen molar-refractivity contribution in [2.24, 2.45) is 10.7 Å². The van der Waals surface area contributed by atoms with Gasteiger partial charge in [-0.1, -0.05) is 24.3 Å². The lowest BCUT2D eigenvalue weighted by molar-refractivity contribution is 0.403. The minimum atomic E-state index is 0.0985. The molecule has 0 saturated heterocycles. The number of H-pyrrole nitrogens is 1. The SMILES string of the molecule is CN(C)CCCN=C(N)c1ccc2[nH]c(O)c(-c3ccc4ccccc4n3)c2c1. The van der Waals surface area contributed by atoms with Crippen molar-refractivity contribution in [1.29, 1.82) is 0 Å². The minimum Gasteiger partial charge on any atom is -0.494 e. The molecule has 0 atom stereocenters. The van der Waals surface area contributed by atoms with Gasteiger partial charge in [0.15, 0.2) is 5.88 Å². The number of nitrogens with two attached hydrogens (primary N) is 1. The number of benzene rings is 2. The Morgan fingerprint density at radius 3 is 2.79 bits per heavy atom. The Morgan fingerprint density at radius 2 is 1.97 bits per heavy atom. The van der Waals surface area contributed by atoms with E-state index in [2.05, 4.69) is 14.9 Å². The lowest BCUT2D eigenvalue weighted by atomic mass is 10.0. The van der Waals surface area contributed by atoms with Gasteiger partial charge in [0.05, 0.1) is 16.8 Å². The summed E-state index contributed by atoms with van der Waals surface area (Å²) in [7, 11) is 4.09. The number of hydrogen-bond acceptors (Lipinski definition) is 4. The van der Waals surface area contributed by atoms with E-state index in [0.717, 1.165) is 40.3 Å². The fourth-order valence-electron chi connectivity index (χ4n) is 3.48. The van der Waals surface area contributed by atoms with Crippen molar-refractivity contribution < 1.29 is 5.11 Å². The van der Waals surface area contributed by atoms with E-state index in [-0.39, 0.29) is 5.88 Å². The smallest absolute Gasteiger partial charge is 0.199 e. The number of aliphatic imine (C=N–C) groups is 1. The summed E-state index contributed by atoms with van der Waals surface area (Å²) in [6.07, 6.45) is 0.952. The Balaban J connectivity index is 1.72. The number of pyridine rings is 1. The molecular formula is C23H25N5O. The average Bonchev–Trinajstić information content (AvgIpc) is 3.05.